The number of carbonyl (C=O) groups is 1. The number of amides is 2. The number of anilines is 2. The van der Waals surface area contributed by atoms with E-state index in [1.165, 1.54) is 0 Å². The van der Waals surface area contributed by atoms with Gasteiger partial charge in [-0.05, 0) is 42.5 Å². The molecule has 2 amide bonds. The third-order valence-corrected chi connectivity index (χ3v) is 3.19. The molecular weight excluding hydrogens is 297 g/mol. The van der Waals surface area contributed by atoms with Crippen molar-refractivity contribution < 1.29 is 4.79 Å². The Morgan fingerprint density at radius 3 is 2.15 bits per heavy atom. The molecule has 0 aliphatic rings. The number of halogens is 2. The van der Waals surface area contributed by atoms with Crippen LogP contribution in [0, 0.1) is 11.3 Å². The second kappa shape index (κ2) is 6.29. The summed E-state index contributed by atoms with van der Waals surface area (Å²) in [5.41, 5.74) is 1.65. The van der Waals surface area contributed by atoms with Crippen LogP contribution in [0.15, 0.2) is 42.5 Å². The Morgan fingerprint density at radius 2 is 1.55 bits per heavy atom. The number of hydrogen-bond donors (Lipinski definition) is 2. The minimum absolute atomic E-state index is 0.364. The van der Waals surface area contributed by atoms with Crippen molar-refractivity contribution in [1.82, 2.24) is 0 Å². The van der Waals surface area contributed by atoms with Crippen LogP contribution >= 0.6 is 23.2 Å². The van der Waals surface area contributed by atoms with Crippen LogP contribution in [0.1, 0.15) is 5.56 Å². The number of hydrogen-bond acceptors (Lipinski definition) is 2. The van der Waals surface area contributed by atoms with Crippen molar-refractivity contribution in [2.75, 3.05) is 10.6 Å². The van der Waals surface area contributed by atoms with Crippen LogP contribution < -0.4 is 10.6 Å². The SMILES string of the molecule is N#Cc1ccc(NC(=O)Nc2ccc(Cl)c(Cl)c2)cc1. The van der Waals surface area contributed by atoms with Crippen molar-refractivity contribution in [3.8, 4) is 6.07 Å². The molecule has 0 aliphatic heterocycles. The lowest BCUT2D eigenvalue weighted by Gasteiger charge is -2.08. The van der Waals surface area contributed by atoms with Gasteiger partial charge in [0.05, 0.1) is 21.7 Å². The maximum atomic E-state index is 11.8. The molecule has 2 N–H and O–H groups in total. The lowest BCUT2D eigenvalue weighted by atomic mass is 10.2. The van der Waals surface area contributed by atoms with Crippen LogP contribution in [0.5, 0.6) is 0 Å². The van der Waals surface area contributed by atoms with Gasteiger partial charge < -0.3 is 10.6 Å². The molecule has 2 aromatic carbocycles. The maximum Gasteiger partial charge on any atom is 0.323 e. The van der Waals surface area contributed by atoms with E-state index in [1.807, 2.05) is 6.07 Å². The minimum atomic E-state index is -0.409. The number of nitrogens with zero attached hydrogens (tertiary/aromatic N) is 1. The van der Waals surface area contributed by atoms with Gasteiger partial charge in [-0.1, -0.05) is 23.2 Å². The van der Waals surface area contributed by atoms with Crippen molar-refractivity contribution in [3.05, 3.63) is 58.1 Å². The Bertz CT molecular complexity index is 678. The van der Waals surface area contributed by atoms with Crippen LogP contribution in [-0.4, -0.2) is 6.03 Å². The molecule has 0 saturated heterocycles. The first kappa shape index (κ1) is 14.2. The summed E-state index contributed by atoms with van der Waals surface area (Å²) in [6.07, 6.45) is 0. The molecule has 0 atom stereocenters. The highest BCUT2D eigenvalue weighted by atomic mass is 35.5. The van der Waals surface area contributed by atoms with Crippen LogP contribution in [-0.2, 0) is 0 Å². The number of urea groups is 1. The van der Waals surface area contributed by atoms with Gasteiger partial charge in [0.1, 0.15) is 0 Å². The fraction of sp³-hybridized carbons (Fsp3) is 0. The highest BCUT2D eigenvalue weighted by Gasteiger charge is 2.05. The molecule has 0 spiro atoms. The van der Waals surface area contributed by atoms with Crippen molar-refractivity contribution in [1.29, 1.82) is 5.26 Å². The number of carbonyl (C=O) groups excluding carboxylic acids is 1. The zero-order chi connectivity index (χ0) is 14.5. The summed E-state index contributed by atoms with van der Waals surface area (Å²) in [7, 11) is 0. The fourth-order valence-corrected chi connectivity index (χ4v) is 1.79. The van der Waals surface area contributed by atoms with E-state index in [2.05, 4.69) is 10.6 Å². The predicted molar refractivity (Wildman–Crippen MR) is 80.3 cm³/mol. The van der Waals surface area contributed by atoms with Crippen LogP contribution in [0.3, 0.4) is 0 Å². The summed E-state index contributed by atoms with van der Waals surface area (Å²) in [6, 6.07) is 12.9. The first-order chi connectivity index (χ1) is 9.58. The monoisotopic (exact) mass is 305 g/mol. The van der Waals surface area contributed by atoms with Crippen molar-refractivity contribution in [2.24, 2.45) is 0 Å². The predicted octanol–water partition coefficient (Wildman–Crippen LogP) is 4.51. The zero-order valence-corrected chi connectivity index (χ0v) is 11.7. The average molecular weight is 306 g/mol. The number of nitriles is 1. The van der Waals surface area contributed by atoms with Gasteiger partial charge in [-0.15, -0.1) is 0 Å². The zero-order valence-electron chi connectivity index (χ0n) is 10.2. The molecule has 0 heterocycles. The molecule has 0 bridgehead atoms. The number of rotatable bonds is 2. The molecule has 0 fully saturated rings. The minimum Gasteiger partial charge on any atom is -0.308 e. The smallest absolute Gasteiger partial charge is 0.308 e. The summed E-state index contributed by atoms with van der Waals surface area (Å²) in [6.45, 7) is 0. The van der Waals surface area contributed by atoms with Crippen LogP contribution in [0.4, 0.5) is 16.2 Å². The molecule has 0 aromatic heterocycles. The standard InChI is InChI=1S/C14H9Cl2N3O/c15-12-6-5-11(7-13(12)16)19-14(20)18-10-3-1-9(8-17)2-4-10/h1-7H,(H2,18,19,20). The van der Waals surface area contributed by atoms with E-state index in [1.54, 1.807) is 42.5 Å². The molecule has 0 radical (unpaired) electrons. The van der Waals surface area contributed by atoms with Crippen molar-refractivity contribution in [2.45, 2.75) is 0 Å². The Hall–Kier alpha value is -2.22. The van der Waals surface area contributed by atoms with Gasteiger partial charge in [-0.2, -0.15) is 5.26 Å². The van der Waals surface area contributed by atoms with Gasteiger partial charge in [-0.25, -0.2) is 4.79 Å². The van der Waals surface area contributed by atoms with E-state index in [4.69, 9.17) is 28.5 Å². The normalized spacial score (nSPS) is 9.65. The highest BCUT2D eigenvalue weighted by Crippen LogP contribution is 2.25. The van der Waals surface area contributed by atoms with Gasteiger partial charge in [0.15, 0.2) is 0 Å². The van der Waals surface area contributed by atoms with E-state index in [0.29, 0.717) is 27.0 Å². The summed E-state index contributed by atoms with van der Waals surface area (Å²) in [5, 5.41) is 14.7. The molecule has 0 aliphatic carbocycles. The second-order valence-electron chi connectivity index (χ2n) is 3.90. The molecule has 0 unspecified atom stereocenters. The third kappa shape index (κ3) is 3.64. The molecule has 2 aromatic rings. The molecule has 6 heteroatoms. The van der Waals surface area contributed by atoms with E-state index in [-0.39, 0.29) is 0 Å². The summed E-state index contributed by atoms with van der Waals surface area (Å²) in [4.78, 5) is 11.8. The molecule has 0 saturated carbocycles. The summed E-state index contributed by atoms with van der Waals surface area (Å²) >= 11 is 11.6. The van der Waals surface area contributed by atoms with Gasteiger partial charge in [0, 0.05) is 11.4 Å². The Morgan fingerprint density at radius 1 is 0.950 bits per heavy atom. The topological polar surface area (TPSA) is 64.9 Å². The first-order valence-corrected chi connectivity index (χ1v) is 6.37. The Kier molecular flexibility index (Phi) is 4.46. The fourth-order valence-electron chi connectivity index (χ4n) is 1.50. The van der Waals surface area contributed by atoms with E-state index >= 15 is 0 Å². The summed E-state index contributed by atoms with van der Waals surface area (Å²) < 4.78 is 0. The van der Waals surface area contributed by atoms with Gasteiger partial charge in [-0.3, -0.25) is 0 Å². The third-order valence-electron chi connectivity index (χ3n) is 2.45. The van der Waals surface area contributed by atoms with E-state index < -0.39 is 6.03 Å². The molecule has 20 heavy (non-hydrogen) atoms. The lowest BCUT2D eigenvalue weighted by Crippen LogP contribution is -2.19. The van der Waals surface area contributed by atoms with E-state index in [0.717, 1.165) is 0 Å². The Labute approximate surface area is 125 Å². The lowest BCUT2D eigenvalue weighted by molar-refractivity contribution is 0.262. The van der Waals surface area contributed by atoms with Crippen LogP contribution in [0.2, 0.25) is 10.0 Å². The number of benzene rings is 2. The second-order valence-corrected chi connectivity index (χ2v) is 4.71. The first-order valence-electron chi connectivity index (χ1n) is 5.62. The van der Waals surface area contributed by atoms with E-state index in [9.17, 15) is 4.79 Å². The Balaban J connectivity index is 2.01. The molecule has 4 nitrogen and oxygen atoms in total. The van der Waals surface area contributed by atoms with Gasteiger partial charge in [0.25, 0.3) is 0 Å². The molecule has 2 rings (SSSR count). The van der Waals surface area contributed by atoms with Gasteiger partial charge >= 0.3 is 6.03 Å². The summed E-state index contributed by atoms with van der Waals surface area (Å²) in [5.74, 6) is 0. The largest absolute Gasteiger partial charge is 0.323 e. The number of nitrogens with one attached hydrogen (secondary N) is 2. The van der Waals surface area contributed by atoms with Crippen molar-refractivity contribution >= 4 is 40.6 Å². The quantitative estimate of drug-likeness (QED) is 0.857. The molecular formula is C14H9Cl2N3O. The molecule has 100 valence electrons. The van der Waals surface area contributed by atoms with Crippen molar-refractivity contribution in [3.63, 3.8) is 0 Å². The average Bonchev–Trinajstić information content (AvgIpc) is 2.44. The van der Waals surface area contributed by atoms with Gasteiger partial charge in [0.2, 0.25) is 0 Å². The highest BCUT2D eigenvalue weighted by molar-refractivity contribution is 6.42. The van der Waals surface area contributed by atoms with Crippen LogP contribution in [0.25, 0.3) is 0 Å². The maximum absolute atomic E-state index is 11.8.